The fraction of sp³-hybridized carbons (Fsp3) is 0.656. The van der Waals surface area contributed by atoms with E-state index >= 15 is 0 Å². The third-order valence-electron chi connectivity index (χ3n) is 9.50. The quantitative estimate of drug-likeness (QED) is 0.375. The maximum absolute atomic E-state index is 13.6. The molecule has 2 N–H and O–H groups in total. The van der Waals surface area contributed by atoms with Gasteiger partial charge in [-0.1, -0.05) is 40.0 Å². The molecule has 0 atom stereocenters. The van der Waals surface area contributed by atoms with Crippen molar-refractivity contribution in [2.24, 2.45) is 11.3 Å². The molecule has 0 saturated heterocycles. The third-order valence-corrected chi connectivity index (χ3v) is 11.0. The molecule has 1 spiro atoms. The fourth-order valence-corrected chi connectivity index (χ4v) is 7.93. The summed E-state index contributed by atoms with van der Waals surface area (Å²) in [6.45, 7) is 12.9. The smallest absolute Gasteiger partial charge is 0.310 e. The summed E-state index contributed by atoms with van der Waals surface area (Å²) in [6, 6.07) is 6.29. The highest BCUT2D eigenvalue weighted by atomic mass is 32.2. The number of ether oxygens (including phenoxy) is 1. The van der Waals surface area contributed by atoms with E-state index in [-0.39, 0.29) is 22.3 Å². The third kappa shape index (κ3) is 5.46. The first-order valence-electron chi connectivity index (χ1n) is 14.9. The Morgan fingerprint density at radius 2 is 1.75 bits per heavy atom. The minimum Gasteiger partial charge on any atom is -0.493 e. The second-order valence-corrected chi connectivity index (χ2v) is 15.9. The number of carbonyl (C=O) groups is 1. The Morgan fingerprint density at radius 3 is 2.35 bits per heavy atom. The van der Waals surface area contributed by atoms with Gasteiger partial charge in [-0.2, -0.15) is 0 Å². The van der Waals surface area contributed by atoms with Crippen LogP contribution in [0.2, 0.25) is 0 Å². The lowest BCUT2D eigenvalue weighted by Gasteiger charge is -2.33. The van der Waals surface area contributed by atoms with Crippen molar-refractivity contribution in [2.45, 2.75) is 115 Å². The summed E-state index contributed by atoms with van der Waals surface area (Å²) >= 11 is 0. The maximum atomic E-state index is 13.6. The molecule has 2 aliphatic carbocycles. The van der Waals surface area contributed by atoms with Crippen LogP contribution in [-0.4, -0.2) is 37.2 Å². The summed E-state index contributed by atoms with van der Waals surface area (Å²) < 4.78 is 38.4. The Hall–Kier alpha value is -2.32. The number of nitrogens with one attached hydrogen (secondary N) is 1. The molecule has 1 aromatic carbocycles. The first kappa shape index (κ1) is 29.2. The summed E-state index contributed by atoms with van der Waals surface area (Å²) in [7, 11) is -3.93. The maximum Gasteiger partial charge on any atom is 0.310 e. The zero-order valence-electron chi connectivity index (χ0n) is 25.0. The summed E-state index contributed by atoms with van der Waals surface area (Å²) in [5.41, 5.74) is 3.92. The Morgan fingerprint density at radius 1 is 1.07 bits per heavy atom. The van der Waals surface area contributed by atoms with Crippen molar-refractivity contribution < 1.29 is 23.1 Å². The van der Waals surface area contributed by atoms with Crippen molar-refractivity contribution in [1.29, 1.82) is 0 Å². The molecule has 0 unspecified atom stereocenters. The van der Waals surface area contributed by atoms with Crippen LogP contribution in [0.3, 0.4) is 0 Å². The zero-order valence-corrected chi connectivity index (χ0v) is 25.8. The Balaban J connectivity index is 1.64. The predicted octanol–water partition coefficient (Wildman–Crippen LogP) is 6.54. The minimum atomic E-state index is -3.93. The molecule has 220 valence electrons. The highest BCUT2D eigenvalue weighted by molar-refractivity contribution is 7.89. The van der Waals surface area contributed by atoms with Crippen molar-refractivity contribution in [3.63, 3.8) is 0 Å². The molecule has 1 aromatic heterocycles. The first-order valence-corrected chi connectivity index (χ1v) is 16.4. The summed E-state index contributed by atoms with van der Waals surface area (Å²) in [5, 5.41) is 9.53. The Labute approximate surface area is 239 Å². The van der Waals surface area contributed by atoms with E-state index in [0.29, 0.717) is 11.6 Å². The van der Waals surface area contributed by atoms with E-state index in [1.54, 1.807) is 0 Å². The van der Waals surface area contributed by atoms with Crippen LogP contribution in [0, 0.1) is 18.3 Å². The molecule has 2 fully saturated rings. The van der Waals surface area contributed by atoms with E-state index in [0.717, 1.165) is 49.4 Å². The van der Waals surface area contributed by atoms with Crippen LogP contribution in [0.4, 0.5) is 0 Å². The number of aliphatic carboxylic acids is 1. The van der Waals surface area contributed by atoms with Gasteiger partial charge in [-0.3, -0.25) is 4.79 Å². The standard InChI is InChI=1S/C32H46N2O5S/c1-21-27(40(37,38)33-20-31(5,6)29(35)36)18-26(34(21)19-22-10-8-7-9-11-22)23-16-24(30(2,3)4)28-25(17-23)32(12-13-32)14-15-39-28/h16-18,22,33H,7-15,19-20H2,1-6H3,(H,35,36). The number of hydrogen-bond acceptors (Lipinski definition) is 4. The van der Waals surface area contributed by atoms with Crippen molar-refractivity contribution in [3.8, 4) is 17.0 Å². The predicted molar refractivity (Wildman–Crippen MR) is 158 cm³/mol. The number of aromatic nitrogens is 1. The number of carboxylic acids is 1. The van der Waals surface area contributed by atoms with Gasteiger partial charge in [0.15, 0.2) is 0 Å². The number of nitrogens with zero attached hydrogens (tertiary/aromatic N) is 1. The highest BCUT2D eigenvalue weighted by Crippen LogP contribution is 2.58. The molecular weight excluding hydrogens is 524 g/mol. The van der Waals surface area contributed by atoms with E-state index in [2.05, 4.69) is 42.2 Å². The van der Waals surface area contributed by atoms with Crippen molar-refractivity contribution >= 4 is 16.0 Å². The van der Waals surface area contributed by atoms with Crippen molar-refractivity contribution in [3.05, 3.63) is 35.0 Å². The SMILES string of the molecule is Cc1c(S(=O)(=O)NCC(C)(C)C(=O)O)cc(-c2cc(C(C)(C)C)c3c(c2)C2(CCO3)CC2)n1CC1CCCCC1. The molecule has 2 saturated carbocycles. The molecule has 1 aliphatic heterocycles. The molecule has 40 heavy (non-hydrogen) atoms. The number of hydrogen-bond donors (Lipinski definition) is 2. The van der Waals surface area contributed by atoms with Gasteiger partial charge in [0.25, 0.3) is 0 Å². The van der Waals surface area contributed by atoms with Gasteiger partial charge in [-0.05, 0) is 88.0 Å². The van der Waals surface area contributed by atoms with Crippen LogP contribution in [0.15, 0.2) is 23.1 Å². The second kappa shape index (κ2) is 10.2. The first-order chi connectivity index (χ1) is 18.6. The lowest BCUT2D eigenvalue weighted by molar-refractivity contribution is -0.146. The van der Waals surface area contributed by atoms with Gasteiger partial charge in [0.1, 0.15) is 10.6 Å². The van der Waals surface area contributed by atoms with E-state index in [9.17, 15) is 18.3 Å². The average Bonchev–Trinajstić information content (AvgIpc) is 3.58. The van der Waals surface area contributed by atoms with Crippen molar-refractivity contribution in [1.82, 2.24) is 9.29 Å². The summed E-state index contributed by atoms with van der Waals surface area (Å²) in [6.07, 6.45) is 9.35. The van der Waals surface area contributed by atoms with Gasteiger partial charge in [0, 0.05) is 41.0 Å². The monoisotopic (exact) mass is 570 g/mol. The minimum absolute atomic E-state index is 0.137. The largest absolute Gasteiger partial charge is 0.493 e. The van der Waals surface area contributed by atoms with E-state index in [1.807, 2.05) is 13.0 Å². The Kier molecular flexibility index (Phi) is 7.44. The number of sulfonamides is 1. The van der Waals surface area contributed by atoms with E-state index in [4.69, 9.17) is 4.74 Å². The molecule has 2 aromatic rings. The lowest BCUT2D eigenvalue weighted by atomic mass is 9.79. The van der Waals surface area contributed by atoms with Crippen LogP contribution in [0.25, 0.3) is 11.3 Å². The van der Waals surface area contributed by atoms with Gasteiger partial charge >= 0.3 is 5.97 Å². The van der Waals surface area contributed by atoms with E-state index < -0.39 is 21.4 Å². The number of benzene rings is 1. The molecule has 5 rings (SSSR count). The normalized spacial score (nSPS) is 19.4. The molecule has 0 radical (unpaired) electrons. The van der Waals surface area contributed by atoms with Gasteiger partial charge in [-0.25, -0.2) is 13.1 Å². The van der Waals surface area contributed by atoms with E-state index in [1.165, 1.54) is 57.1 Å². The van der Waals surface area contributed by atoms with Crippen LogP contribution < -0.4 is 9.46 Å². The molecular formula is C32H46N2O5S. The second-order valence-electron chi connectivity index (χ2n) is 14.1. The van der Waals surface area contributed by atoms with Crippen LogP contribution in [0.5, 0.6) is 5.75 Å². The van der Waals surface area contributed by atoms with Crippen molar-refractivity contribution in [2.75, 3.05) is 13.2 Å². The molecule has 7 nitrogen and oxygen atoms in total. The summed E-state index contributed by atoms with van der Waals surface area (Å²) in [4.78, 5) is 11.9. The van der Waals surface area contributed by atoms with Crippen LogP contribution in [-0.2, 0) is 32.2 Å². The van der Waals surface area contributed by atoms with Gasteiger partial charge < -0.3 is 14.4 Å². The van der Waals surface area contributed by atoms with Crippen LogP contribution >= 0.6 is 0 Å². The number of carboxylic acid groups (broad SMARTS) is 1. The highest BCUT2D eigenvalue weighted by Gasteiger charge is 2.49. The molecule has 2 heterocycles. The topological polar surface area (TPSA) is 97.6 Å². The number of rotatable bonds is 8. The van der Waals surface area contributed by atoms with Crippen LogP contribution in [0.1, 0.15) is 103 Å². The Bertz CT molecular complexity index is 1390. The fourth-order valence-electron chi connectivity index (χ4n) is 6.46. The molecule has 0 bridgehead atoms. The number of fused-ring (bicyclic) bond motifs is 2. The molecule has 8 heteroatoms. The average molecular weight is 571 g/mol. The molecule has 0 amide bonds. The zero-order chi connectivity index (χ0) is 29.1. The summed E-state index contributed by atoms with van der Waals surface area (Å²) in [5.74, 6) is 0.487. The lowest BCUT2D eigenvalue weighted by Crippen LogP contribution is -2.39. The van der Waals surface area contributed by atoms with Gasteiger partial charge in [0.05, 0.1) is 12.0 Å². The van der Waals surface area contributed by atoms with Gasteiger partial charge in [0.2, 0.25) is 10.0 Å². The molecule has 3 aliphatic rings. The van der Waals surface area contributed by atoms with Gasteiger partial charge in [-0.15, -0.1) is 0 Å².